The van der Waals surface area contributed by atoms with Crippen molar-refractivity contribution >= 4 is 11.8 Å². The van der Waals surface area contributed by atoms with Crippen LogP contribution in [0.3, 0.4) is 0 Å². The molecular weight excluding hydrogens is 294 g/mol. The van der Waals surface area contributed by atoms with E-state index in [-0.39, 0.29) is 5.78 Å². The number of ketones is 1. The molecule has 1 aliphatic carbocycles. The number of ether oxygens (including phenoxy) is 2. The van der Waals surface area contributed by atoms with E-state index < -0.39 is 5.97 Å². The van der Waals surface area contributed by atoms with Crippen molar-refractivity contribution < 1.29 is 19.1 Å². The molecule has 1 aromatic carbocycles. The summed E-state index contributed by atoms with van der Waals surface area (Å²) in [5.74, 6) is 0.809. The summed E-state index contributed by atoms with van der Waals surface area (Å²) in [4.78, 5) is 27.5. The summed E-state index contributed by atoms with van der Waals surface area (Å²) in [6, 6.07) is 8.69. The molecule has 2 aromatic rings. The predicted molar refractivity (Wildman–Crippen MR) is 84.0 cm³/mol. The van der Waals surface area contributed by atoms with E-state index in [9.17, 15) is 9.59 Å². The lowest BCUT2D eigenvalue weighted by atomic mass is 9.91. The molecule has 0 fully saturated rings. The van der Waals surface area contributed by atoms with Crippen molar-refractivity contribution in [3.8, 4) is 11.6 Å². The van der Waals surface area contributed by atoms with Gasteiger partial charge in [-0.3, -0.25) is 4.79 Å². The van der Waals surface area contributed by atoms with Crippen molar-refractivity contribution in [1.29, 1.82) is 0 Å². The molecule has 23 heavy (non-hydrogen) atoms. The van der Waals surface area contributed by atoms with Gasteiger partial charge in [0.25, 0.3) is 0 Å². The Morgan fingerprint density at radius 1 is 1.22 bits per heavy atom. The van der Waals surface area contributed by atoms with Gasteiger partial charge >= 0.3 is 5.97 Å². The van der Waals surface area contributed by atoms with Gasteiger partial charge in [0.15, 0.2) is 5.78 Å². The van der Waals surface area contributed by atoms with E-state index in [0.717, 1.165) is 24.0 Å². The second-order valence-electron chi connectivity index (χ2n) is 5.30. The number of aromatic nitrogens is 1. The van der Waals surface area contributed by atoms with Crippen molar-refractivity contribution in [2.75, 3.05) is 6.61 Å². The normalized spacial score (nSPS) is 13.3. The molecular formula is C18H17NO4. The lowest BCUT2D eigenvalue weighted by Gasteiger charge is -2.15. The zero-order chi connectivity index (χ0) is 16.2. The van der Waals surface area contributed by atoms with Crippen LogP contribution in [0, 0.1) is 0 Å². The van der Waals surface area contributed by atoms with Crippen LogP contribution in [0.5, 0.6) is 11.6 Å². The monoisotopic (exact) mass is 311 g/mol. The zero-order valence-electron chi connectivity index (χ0n) is 12.9. The molecule has 0 saturated carbocycles. The minimum atomic E-state index is -0.404. The third kappa shape index (κ3) is 3.39. The maximum absolute atomic E-state index is 11.8. The van der Waals surface area contributed by atoms with Gasteiger partial charge in [-0.25, -0.2) is 9.78 Å². The smallest absolute Gasteiger partial charge is 0.339 e. The number of carbonyl (C=O) groups excluding carboxylic acids is 2. The highest BCUT2D eigenvalue weighted by Crippen LogP contribution is 2.27. The Morgan fingerprint density at radius 2 is 2.09 bits per heavy atom. The van der Waals surface area contributed by atoms with E-state index in [1.807, 2.05) is 6.07 Å². The van der Waals surface area contributed by atoms with Gasteiger partial charge in [0.05, 0.1) is 12.2 Å². The second-order valence-corrected chi connectivity index (χ2v) is 5.30. The maximum atomic E-state index is 11.8. The van der Waals surface area contributed by atoms with Crippen molar-refractivity contribution in [3.05, 3.63) is 53.2 Å². The van der Waals surface area contributed by atoms with Crippen molar-refractivity contribution in [3.63, 3.8) is 0 Å². The topological polar surface area (TPSA) is 65.5 Å². The summed E-state index contributed by atoms with van der Waals surface area (Å²) >= 11 is 0. The molecule has 0 amide bonds. The van der Waals surface area contributed by atoms with Crippen molar-refractivity contribution in [2.45, 2.75) is 26.2 Å². The number of rotatable bonds is 4. The molecule has 0 unspecified atom stereocenters. The third-order valence-electron chi connectivity index (χ3n) is 3.70. The number of hydrogen-bond acceptors (Lipinski definition) is 5. The minimum absolute atomic E-state index is 0.190. The number of pyridine rings is 1. The number of carbonyl (C=O) groups is 2. The van der Waals surface area contributed by atoms with Gasteiger partial charge in [0.2, 0.25) is 5.88 Å². The first-order valence-electron chi connectivity index (χ1n) is 7.64. The second kappa shape index (κ2) is 6.60. The minimum Gasteiger partial charge on any atom is -0.462 e. The standard InChI is InChI=1S/C18H17NO4/c1-2-22-18(21)13-6-9-17(19-11-13)23-14-7-8-15-12(10-14)4-3-5-16(15)20/h6-11H,2-5H2,1H3. The zero-order valence-corrected chi connectivity index (χ0v) is 12.9. The summed E-state index contributed by atoms with van der Waals surface area (Å²) in [5, 5.41) is 0. The molecule has 3 rings (SSSR count). The molecule has 0 atom stereocenters. The van der Waals surface area contributed by atoms with E-state index in [1.165, 1.54) is 6.20 Å². The third-order valence-corrected chi connectivity index (χ3v) is 3.70. The highest BCUT2D eigenvalue weighted by molar-refractivity contribution is 5.98. The molecule has 0 aliphatic heterocycles. The van der Waals surface area contributed by atoms with Gasteiger partial charge in [-0.2, -0.15) is 0 Å². The molecule has 1 aromatic heterocycles. The number of aryl methyl sites for hydroxylation is 1. The van der Waals surface area contributed by atoms with Crippen LogP contribution in [-0.2, 0) is 11.2 Å². The molecule has 5 nitrogen and oxygen atoms in total. The van der Waals surface area contributed by atoms with Crippen LogP contribution in [0.2, 0.25) is 0 Å². The molecule has 5 heteroatoms. The number of benzene rings is 1. The fourth-order valence-electron chi connectivity index (χ4n) is 2.58. The Morgan fingerprint density at radius 3 is 2.83 bits per heavy atom. The largest absolute Gasteiger partial charge is 0.462 e. The molecule has 0 radical (unpaired) electrons. The van der Waals surface area contributed by atoms with E-state index in [1.54, 1.807) is 31.2 Å². The summed E-state index contributed by atoms with van der Waals surface area (Å²) in [7, 11) is 0. The molecule has 0 saturated heterocycles. The van der Waals surface area contributed by atoms with Crippen LogP contribution < -0.4 is 4.74 Å². The number of fused-ring (bicyclic) bond motifs is 1. The number of Topliss-reactive ketones (excluding diaryl/α,β-unsaturated/α-hetero) is 1. The van der Waals surface area contributed by atoms with E-state index in [2.05, 4.69) is 4.98 Å². The Hall–Kier alpha value is -2.69. The first kappa shape index (κ1) is 15.2. The Kier molecular flexibility index (Phi) is 4.37. The molecule has 0 bridgehead atoms. The van der Waals surface area contributed by atoms with Crippen molar-refractivity contribution in [1.82, 2.24) is 4.98 Å². The van der Waals surface area contributed by atoms with Crippen LogP contribution in [0.1, 0.15) is 46.0 Å². The number of nitrogens with zero attached hydrogens (tertiary/aromatic N) is 1. The molecule has 1 aliphatic rings. The van der Waals surface area contributed by atoms with Crippen LogP contribution in [-0.4, -0.2) is 23.3 Å². The first-order chi connectivity index (χ1) is 11.2. The first-order valence-corrected chi connectivity index (χ1v) is 7.64. The van der Waals surface area contributed by atoms with Crippen LogP contribution in [0.15, 0.2) is 36.5 Å². The van der Waals surface area contributed by atoms with Gasteiger partial charge in [-0.05, 0) is 49.6 Å². The fraction of sp³-hybridized carbons (Fsp3) is 0.278. The van der Waals surface area contributed by atoms with Crippen LogP contribution in [0.25, 0.3) is 0 Å². The SMILES string of the molecule is CCOC(=O)c1ccc(Oc2ccc3c(c2)CCCC3=O)nc1. The van der Waals surface area contributed by atoms with Gasteiger partial charge in [0, 0.05) is 24.2 Å². The highest BCUT2D eigenvalue weighted by Gasteiger charge is 2.17. The average molecular weight is 311 g/mol. The highest BCUT2D eigenvalue weighted by atomic mass is 16.5. The average Bonchev–Trinajstić information content (AvgIpc) is 2.56. The molecule has 118 valence electrons. The van der Waals surface area contributed by atoms with E-state index in [0.29, 0.717) is 30.2 Å². The summed E-state index contributed by atoms with van der Waals surface area (Å²) in [5.41, 5.74) is 2.19. The maximum Gasteiger partial charge on any atom is 0.339 e. The van der Waals surface area contributed by atoms with E-state index >= 15 is 0 Å². The number of hydrogen-bond donors (Lipinski definition) is 0. The lowest BCUT2D eigenvalue weighted by Crippen LogP contribution is -2.10. The Balaban J connectivity index is 1.74. The van der Waals surface area contributed by atoms with Gasteiger partial charge in [-0.1, -0.05) is 0 Å². The molecule has 1 heterocycles. The summed E-state index contributed by atoms with van der Waals surface area (Å²) in [6.45, 7) is 2.08. The van der Waals surface area contributed by atoms with Crippen LogP contribution in [0.4, 0.5) is 0 Å². The fourth-order valence-corrected chi connectivity index (χ4v) is 2.58. The van der Waals surface area contributed by atoms with Gasteiger partial charge in [-0.15, -0.1) is 0 Å². The quantitative estimate of drug-likeness (QED) is 0.808. The van der Waals surface area contributed by atoms with Gasteiger partial charge in [0.1, 0.15) is 5.75 Å². The van der Waals surface area contributed by atoms with Crippen molar-refractivity contribution in [2.24, 2.45) is 0 Å². The predicted octanol–water partition coefficient (Wildman–Crippen LogP) is 3.57. The molecule has 0 spiro atoms. The Bertz CT molecular complexity index is 737. The molecule has 0 N–H and O–H groups in total. The summed E-state index contributed by atoms with van der Waals surface area (Å²) < 4.78 is 10.6. The van der Waals surface area contributed by atoms with Crippen LogP contribution >= 0.6 is 0 Å². The Labute approximate surface area is 134 Å². The van der Waals surface area contributed by atoms with E-state index in [4.69, 9.17) is 9.47 Å². The summed E-state index contributed by atoms with van der Waals surface area (Å²) in [6.07, 6.45) is 3.80. The lowest BCUT2D eigenvalue weighted by molar-refractivity contribution is 0.0525. The van der Waals surface area contributed by atoms with Gasteiger partial charge < -0.3 is 9.47 Å². The number of esters is 1.